The third-order valence-corrected chi connectivity index (χ3v) is 2.38. The molecule has 0 aromatic heterocycles. The van der Waals surface area contributed by atoms with Gasteiger partial charge in [-0.2, -0.15) is 13.2 Å². The number of nitrogens with two attached hydrogens (primary N) is 1. The third kappa shape index (κ3) is 3.00. The largest absolute Gasteiger partial charge is 0.416 e. The van der Waals surface area contributed by atoms with Crippen molar-refractivity contribution in [1.29, 1.82) is 0 Å². The first-order valence-electron chi connectivity index (χ1n) is 4.59. The summed E-state index contributed by atoms with van der Waals surface area (Å²) >= 11 is 5.54. The zero-order valence-electron chi connectivity index (χ0n) is 8.39. The van der Waals surface area contributed by atoms with Crippen LogP contribution in [0.2, 0.25) is 5.02 Å². The monoisotopic (exact) mass is 249 g/mol. The molecule has 1 nitrogen and oxygen atoms in total. The zero-order chi connectivity index (χ0) is 12.3. The average molecular weight is 250 g/mol. The smallest absolute Gasteiger partial charge is 0.324 e. The van der Waals surface area contributed by atoms with Crippen LogP contribution in [0.15, 0.2) is 30.9 Å². The lowest BCUT2D eigenvalue weighted by atomic mass is 9.98. The summed E-state index contributed by atoms with van der Waals surface area (Å²) in [6.07, 6.45) is -2.68. The van der Waals surface area contributed by atoms with E-state index < -0.39 is 17.8 Å². The maximum Gasteiger partial charge on any atom is 0.416 e. The fourth-order valence-corrected chi connectivity index (χ4v) is 1.58. The van der Waals surface area contributed by atoms with Crippen molar-refractivity contribution in [3.8, 4) is 0 Å². The molecule has 0 amide bonds. The second kappa shape index (κ2) is 4.89. The zero-order valence-corrected chi connectivity index (χ0v) is 9.15. The van der Waals surface area contributed by atoms with Crippen molar-refractivity contribution in [2.75, 3.05) is 0 Å². The summed E-state index contributed by atoms with van der Waals surface area (Å²) < 4.78 is 38.1. The Hall–Kier alpha value is -1.00. The minimum atomic E-state index is -4.45. The highest BCUT2D eigenvalue weighted by atomic mass is 35.5. The van der Waals surface area contributed by atoms with Gasteiger partial charge in [0.25, 0.3) is 0 Å². The Kier molecular flexibility index (Phi) is 3.99. The molecular weight excluding hydrogens is 239 g/mol. The molecule has 0 saturated carbocycles. The Morgan fingerprint density at radius 1 is 1.44 bits per heavy atom. The molecule has 0 saturated heterocycles. The molecule has 1 atom stereocenters. The van der Waals surface area contributed by atoms with Crippen molar-refractivity contribution in [3.63, 3.8) is 0 Å². The molecule has 2 N–H and O–H groups in total. The fraction of sp³-hybridized carbons (Fsp3) is 0.273. The lowest BCUT2D eigenvalue weighted by Gasteiger charge is -2.17. The van der Waals surface area contributed by atoms with Crippen LogP contribution in [-0.2, 0) is 6.18 Å². The van der Waals surface area contributed by atoms with Crippen molar-refractivity contribution in [1.82, 2.24) is 0 Å². The van der Waals surface area contributed by atoms with E-state index in [1.807, 2.05) is 0 Å². The maximum atomic E-state index is 12.7. The lowest BCUT2D eigenvalue weighted by Crippen LogP contribution is -2.17. The Labute approximate surface area is 96.7 Å². The summed E-state index contributed by atoms with van der Waals surface area (Å²) in [6.45, 7) is 3.45. The SMILES string of the molecule is C=CC[C@@H](N)c1ccc(Cl)cc1C(F)(F)F. The number of alkyl halides is 3. The van der Waals surface area contributed by atoms with Gasteiger partial charge in [0.2, 0.25) is 0 Å². The molecule has 1 rings (SSSR count). The van der Waals surface area contributed by atoms with Gasteiger partial charge in [0, 0.05) is 11.1 Å². The van der Waals surface area contributed by atoms with Crippen molar-refractivity contribution >= 4 is 11.6 Å². The first kappa shape index (κ1) is 13.1. The fourth-order valence-electron chi connectivity index (χ4n) is 1.40. The molecule has 1 aromatic rings. The van der Waals surface area contributed by atoms with Crippen LogP contribution in [0.5, 0.6) is 0 Å². The summed E-state index contributed by atoms with van der Waals surface area (Å²) in [7, 11) is 0. The molecule has 0 heterocycles. The number of benzene rings is 1. The van der Waals surface area contributed by atoms with E-state index in [0.29, 0.717) is 0 Å². The highest BCUT2D eigenvalue weighted by Gasteiger charge is 2.34. The van der Waals surface area contributed by atoms with Gasteiger partial charge in [-0.25, -0.2) is 0 Å². The topological polar surface area (TPSA) is 26.0 Å². The molecule has 0 aliphatic heterocycles. The molecule has 0 fully saturated rings. The molecular formula is C11H11ClF3N. The highest BCUT2D eigenvalue weighted by Crippen LogP contribution is 2.36. The van der Waals surface area contributed by atoms with Crippen molar-refractivity contribution < 1.29 is 13.2 Å². The summed E-state index contributed by atoms with van der Waals surface area (Å²) in [5.41, 5.74) is 4.89. The lowest BCUT2D eigenvalue weighted by molar-refractivity contribution is -0.138. The minimum Gasteiger partial charge on any atom is -0.324 e. The molecule has 0 spiro atoms. The van der Waals surface area contributed by atoms with Gasteiger partial charge in [-0.1, -0.05) is 23.7 Å². The van der Waals surface area contributed by atoms with Gasteiger partial charge in [-0.3, -0.25) is 0 Å². The van der Waals surface area contributed by atoms with E-state index in [1.165, 1.54) is 18.2 Å². The normalized spacial score (nSPS) is 13.6. The minimum absolute atomic E-state index is 0.0387. The van der Waals surface area contributed by atoms with Crippen LogP contribution >= 0.6 is 11.6 Å². The third-order valence-electron chi connectivity index (χ3n) is 2.14. The van der Waals surface area contributed by atoms with E-state index in [4.69, 9.17) is 17.3 Å². The highest BCUT2D eigenvalue weighted by molar-refractivity contribution is 6.30. The van der Waals surface area contributed by atoms with Crippen LogP contribution in [0.25, 0.3) is 0 Å². The van der Waals surface area contributed by atoms with Crippen LogP contribution in [0.3, 0.4) is 0 Å². The van der Waals surface area contributed by atoms with E-state index in [9.17, 15) is 13.2 Å². The summed E-state index contributed by atoms with van der Waals surface area (Å²) in [5.74, 6) is 0. The Balaban J connectivity index is 3.22. The molecule has 0 bridgehead atoms. The maximum absolute atomic E-state index is 12.7. The van der Waals surface area contributed by atoms with Crippen LogP contribution in [0, 0.1) is 0 Å². The van der Waals surface area contributed by atoms with Gasteiger partial charge in [-0.15, -0.1) is 6.58 Å². The summed E-state index contributed by atoms with van der Waals surface area (Å²) in [4.78, 5) is 0. The molecule has 0 unspecified atom stereocenters. The van der Waals surface area contributed by atoms with Gasteiger partial charge in [-0.05, 0) is 24.1 Å². The van der Waals surface area contributed by atoms with E-state index >= 15 is 0 Å². The van der Waals surface area contributed by atoms with Gasteiger partial charge < -0.3 is 5.73 Å². The van der Waals surface area contributed by atoms with E-state index in [1.54, 1.807) is 0 Å². The average Bonchev–Trinajstić information content (AvgIpc) is 2.16. The quantitative estimate of drug-likeness (QED) is 0.807. The van der Waals surface area contributed by atoms with E-state index in [2.05, 4.69) is 6.58 Å². The standard InChI is InChI=1S/C11H11ClF3N/c1-2-3-10(16)8-5-4-7(12)6-9(8)11(13,14)15/h2,4-6,10H,1,3,16H2/t10-/m1/s1. The van der Waals surface area contributed by atoms with Crippen molar-refractivity contribution in [3.05, 3.63) is 47.0 Å². The predicted octanol–water partition coefficient (Wildman–Crippen LogP) is 3.93. The van der Waals surface area contributed by atoms with Crippen molar-refractivity contribution in [2.45, 2.75) is 18.6 Å². The number of rotatable bonds is 3. The second-order valence-corrected chi connectivity index (χ2v) is 3.80. The van der Waals surface area contributed by atoms with Crippen LogP contribution in [-0.4, -0.2) is 0 Å². The van der Waals surface area contributed by atoms with Crippen LogP contribution in [0.4, 0.5) is 13.2 Å². The van der Waals surface area contributed by atoms with E-state index in [0.717, 1.165) is 6.07 Å². The van der Waals surface area contributed by atoms with Crippen LogP contribution in [0.1, 0.15) is 23.6 Å². The second-order valence-electron chi connectivity index (χ2n) is 3.36. The summed E-state index contributed by atoms with van der Waals surface area (Å²) in [6, 6.07) is 2.88. The first-order valence-corrected chi connectivity index (χ1v) is 4.97. The Morgan fingerprint density at radius 3 is 2.56 bits per heavy atom. The number of hydrogen-bond acceptors (Lipinski definition) is 1. The molecule has 1 aromatic carbocycles. The molecule has 0 aliphatic carbocycles. The molecule has 5 heteroatoms. The van der Waals surface area contributed by atoms with Gasteiger partial charge in [0.1, 0.15) is 0 Å². The Bertz CT molecular complexity index is 387. The molecule has 0 aliphatic rings. The van der Waals surface area contributed by atoms with Gasteiger partial charge in [0.05, 0.1) is 5.56 Å². The van der Waals surface area contributed by atoms with Gasteiger partial charge >= 0.3 is 6.18 Å². The van der Waals surface area contributed by atoms with E-state index in [-0.39, 0.29) is 17.0 Å². The number of hydrogen-bond donors (Lipinski definition) is 1. The number of halogens is 4. The van der Waals surface area contributed by atoms with Crippen molar-refractivity contribution in [2.24, 2.45) is 5.73 Å². The predicted molar refractivity (Wildman–Crippen MR) is 58.2 cm³/mol. The summed E-state index contributed by atoms with van der Waals surface area (Å²) in [5, 5.41) is 0.0434. The molecule has 88 valence electrons. The first-order chi connectivity index (χ1) is 7.36. The molecule has 0 radical (unpaired) electrons. The van der Waals surface area contributed by atoms with Crippen LogP contribution < -0.4 is 5.73 Å². The molecule has 16 heavy (non-hydrogen) atoms. The van der Waals surface area contributed by atoms with Gasteiger partial charge in [0.15, 0.2) is 0 Å². The Morgan fingerprint density at radius 2 is 2.06 bits per heavy atom.